The second kappa shape index (κ2) is 6.55. The highest BCUT2D eigenvalue weighted by Crippen LogP contribution is 2.22. The van der Waals surface area contributed by atoms with Gasteiger partial charge in [-0.1, -0.05) is 17.3 Å². The molecule has 4 aromatic rings. The quantitative estimate of drug-likeness (QED) is 0.552. The lowest BCUT2D eigenvalue weighted by Gasteiger charge is -2.05. The highest BCUT2D eigenvalue weighted by molar-refractivity contribution is 5.55. The number of imidazole rings is 1. The Morgan fingerprint density at radius 3 is 2.73 bits per heavy atom. The number of aromatic nitrogens is 8. The second-order valence-corrected chi connectivity index (χ2v) is 6.30. The Hall–Kier alpha value is -3.29. The van der Waals surface area contributed by atoms with Gasteiger partial charge < -0.3 is 4.57 Å². The molecule has 0 saturated carbocycles. The molecule has 0 atom stereocenters. The van der Waals surface area contributed by atoms with Crippen molar-refractivity contribution in [1.29, 1.82) is 0 Å². The lowest BCUT2D eigenvalue weighted by atomic mass is 10.2. The zero-order chi connectivity index (χ0) is 18.1. The molecule has 8 heteroatoms. The summed E-state index contributed by atoms with van der Waals surface area (Å²) in [6.07, 6.45) is 6.21. The van der Waals surface area contributed by atoms with E-state index in [1.54, 1.807) is 17.2 Å². The van der Waals surface area contributed by atoms with Crippen molar-refractivity contribution in [1.82, 2.24) is 39.3 Å². The Bertz CT molecular complexity index is 1030. The SMILES string of the molecule is Cc1cccc(-n2nc(CCn3ccnc3)nc2-c2nnn(C)c2C)c1. The maximum absolute atomic E-state index is 4.76. The predicted octanol–water partition coefficient (Wildman–Crippen LogP) is 2.12. The largest absolute Gasteiger partial charge is 0.337 e. The Labute approximate surface area is 151 Å². The van der Waals surface area contributed by atoms with Gasteiger partial charge in [-0.3, -0.25) is 4.68 Å². The van der Waals surface area contributed by atoms with E-state index < -0.39 is 0 Å². The lowest BCUT2D eigenvalue weighted by molar-refractivity contribution is 0.667. The fraction of sp³-hybridized carbons (Fsp3) is 0.278. The van der Waals surface area contributed by atoms with Crippen LogP contribution in [-0.2, 0) is 20.0 Å². The van der Waals surface area contributed by atoms with Crippen LogP contribution < -0.4 is 0 Å². The van der Waals surface area contributed by atoms with Gasteiger partial charge in [0.2, 0.25) is 0 Å². The van der Waals surface area contributed by atoms with Crippen molar-refractivity contribution in [2.24, 2.45) is 7.05 Å². The Balaban J connectivity index is 1.76. The Morgan fingerprint density at radius 1 is 1.15 bits per heavy atom. The molecule has 0 amide bonds. The maximum atomic E-state index is 4.76. The molecule has 0 saturated heterocycles. The molecule has 3 aromatic heterocycles. The zero-order valence-corrected chi connectivity index (χ0v) is 15.0. The highest BCUT2D eigenvalue weighted by Gasteiger charge is 2.19. The van der Waals surface area contributed by atoms with Crippen LogP contribution in [0.25, 0.3) is 17.2 Å². The fourth-order valence-corrected chi connectivity index (χ4v) is 2.81. The number of rotatable bonds is 5. The van der Waals surface area contributed by atoms with Crippen molar-refractivity contribution in [2.75, 3.05) is 0 Å². The van der Waals surface area contributed by atoms with Crippen molar-refractivity contribution < 1.29 is 0 Å². The van der Waals surface area contributed by atoms with Crippen molar-refractivity contribution in [3.05, 3.63) is 60.1 Å². The van der Waals surface area contributed by atoms with E-state index in [0.717, 1.165) is 29.4 Å². The number of benzene rings is 1. The summed E-state index contributed by atoms with van der Waals surface area (Å²) in [4.78, 5) is 8.83. The topological polar surface area (TPSA) is 79.2 Å². The minimum Gasteiger partial charge on any atom is -0.337 e. The first kappa shape index (κ1) is 16.2. The molecular weight excluding hydrogens is 328 g/mol. The molecule has 0 radical (unpaired) electrons. The van der Waals surface area contributed by atoms with Crippen LogP contribution in [0.1, 0.15) is 17.1 Å². The number of hydrogen-bond donors (Lipinski definition) is 0. The van der Waals surface area contributed by atoms with Crippen molar-refractivity contribution in [2.45, 2.75) is 26.8 Å². The minimum atomic E-state index is 0.710. The molecule has 0 aliphatic heterocycles. The smallest absolute Gasteiger partial charge is 0.185 e. The molecule has 3 heterocycles. The number of aryl methyl sites for hydroxylation is 4. The van der Waals surface area contributed by atoms with Crippen molar-refractivity contribution in [3.8, 4) is 17.2 Å². The molecule has 0 bridgehead atoms. The lowest BCUT2D eigenvalue weighted by Crippen LogP contribution is -2.03. The Morgan fingerprint density at radius 2 is 2.04 bits per heavy atom. The van der Waals surface area contributed by atoms with E-state index in [2.05, 4.69) is 34.4 Å². The molecule has 26 heavy (non-hydrogen) atoms. The van der Waals surface area contributed by atoms with Crippen LogP contribution >= 0.6 is 0 Å². The molecule has 132 valence electrons. The minimum absolute atomic E-state index is 0.710. The van der Waals surface area contributed by atoms with Gasteiger partial charge in [0.1, 0.15) is 0 Å². The van der Waals surface area contributed by atoms with Gasteiger partial charge >= 0.3 is 0 Å². The van der Waals surface area contributed by atoms with Gasteiger partial charge in [0.25, 0.3) is 0 Å². The predicted molar refractivity (Wildman–Crippen MR) is 96.8 cm³/mol. The average Bonchev–Trinajstić information content (AvgIpc) is 3.35. The van der Waals surface area contributed by atoms with E-state index in [4.69, 9.17) is 10.1 Å². The Kier molecular flexibility index (Phi) is 4.08. The molecule has 0 fully saturated rings. The molecule has 0 aliphatic rings. The second-order valence-electron chi connectivity index (χ2n) is 6.30. The molecule has 1 aromatic carbocycles. The van der Waals surface area contributed by atoms with Gasteiger partial charge in [-0.15, -0.1) is 5.10 Å². The normalized spacial score (nSPS) is 11.2. The third-order valence-electron chi connectivity index (χ3n) is 4.37. The van der Waals surface area contributed by atoms with Gasteiger partial charge in [-0.05, 0) is 31.5 Å². The van der Waals surface area contributed by atoms with E-state index in [0.29, 0.717) is 12.2 Å². The van der Waals surface area contributed by atoms with Gasteiger partial charge in [-0.25, -0.2) is 14.6 Å². The van der Waals surface area contributed by atoms with Gasteiger partial charge in [-0.2, -0.15) is 5.10 Å². The zero-order valence-electron chi connectivity index (χ0n) is 15.0. The molecular formula is C18H20N8. The molecule has 0 N–H and O–H groups in total. The molecule has 0 spiro atoms. The van der Waals surface area contributed by atoms with E-state index in [9.17, 15) is 0 Å². The third kappa shape index (κ3) is 3.01. The molecule has 0 unspecified atom stereocenters. The summed E-state index contributed by atoms with van der Waals surface area (Å²) in [6.45, 7) is 4.82. The van der Waals surface area contributed by atoms with E-state index >= 15 is 0 Å². The van der Waals surface area contributed by atoms with Crippen LogP contribution in [0.2, 0.25) is 0 Å². The summed E-state index contributed by atoms with van der Waals surface area (Å²) in [5.41, 5.74) is 3.83. The molecule has 0 aliphatic carbocycles. The number of nitrogens with zero attached hydrogens (tertiary/aromatic N) is 8. The van der Waals surface area contributed by atoms with Crippen LogP contribution in [0.3, 0.4) is 0 Å². The van der Waals surface area contributed by atoms with Gasteiger partial charge in [0.15, 0.2) is 17.3 Å². The van der Waals surface area contributed by atoms with Gasteiger partial charge in [0.05, 0.1) is 17.7 Å². The van der Waals surface area contributed by atoms with E-state index in [1.807, 2.05) is 41.5 Å². The third-order valence-corrected chi connectivity index (χ3v) is 4.37. The highest BCUT2D eigenvalue weighted by atomic mass is 15.4. The monoisotopic (exact) mass is 348 g/mol. The first-order valence-corrected chi connectivity index (χ1v) is 8.47. The number of hydrogen-bond acceptors (Lipinski definition) is 5. The summed E-state index contributed by atoms with van der Waals surface area (Å²) >= 11 is 0. The standard InChI is InChI=1S/C18H20N8/c1-13-5-4-6-15(11-13)26-18(17-14(2)24(3)23-21-17)20-16(22-26)7-9-25-10-8-19-12-25/h4-6,8,10-12H,7,9H2,1-3H3. The average molecular weight is 348 g/mol. The van der Waals surface area contributed by atoms with Crippen molar-refractivity contribution in [3.63, 3.8) is 0 Å². The van der Waals surface area contributed by atoms with Crippen LogP contribution in [0.4, 0.5) is 0 Å². The maximum Gasteiger partial charge on any atom is 0.185 e. The first-order valence-electron chi connectivity index (χ1n) is 8.47. The van der Waals surface area contributed by atoms with Crippen LogP contribution in [0.5, 0.6) is 0 Å². The van der Waals surface area contributed by atoms with Crippen LogP contribution in [0, 0.1) is 13.8 Å². The summed E-state index contributed by atoms with van der Waals surface area (Å²) in [7, 11) is 1.87. The summed E-state index contributed by atoms with van der Waals surface area (Å²) < 4.78 is 5.61. The van der Waals surface area contributed by atoms with E-state index in [1.165, 1.54) is 5.56 Å². The first-order chi connectivity index (χ1) is 12.6. The van der Waals surface area contributed by atoms with Crippen LogP contribution in [-0.4, -0.2) is 39.3 Å². The van der Waals surface area contributed by atoms with Crippen molar-refractivity contribution >= 4 is 0 Å². The molecule has 4 rings (SSSR count). The summed E-state index contributed by atoms with van der Waals surface area (Å²) in [6, 6.07) is 8.19. The fourth-order valence-electron chi connectivity index (χ4n) is 2.81. The summed E-state index contributed by atoms with van der Waals surface area (Å²) in [5.74, 6) is 1.47. The van der Waals surface area contributed by atoms with E-state index in [-0.39, 0.29) is 0 Å². The summed E-state index contributed by atoms with van der Waals surface area (Å²) in [5, 5.41) is 13.1. The van der Waals surface area contributed by atoms with Crippen LogP contribution in [0.15, 0.2) is 43.0 Å². The molecule has 8 nitrogen and oxygen atoms in total. The van der Waals surface area contributed by atoms with Gasteiger partial charge in [0, 0.05) is 32.4 Å².